The first-order chi connectivity index (χ1) is 21.1. The molecule has 0 N–H and O–H groups in total. The summed E-state index contributed by atoms with van der Waals surface area (Å²) in [6.45, 7) is 2.22. The lowest BCUT2D eigenvalue weighted by Crippen LogP contribution is -2.22. The Bertz CT molecular complexity index is 1550. The molecule has 0 atom stereocenters. The SMILES string of the molecule is CCCCCC1CCC(c2ccc(-c3ccc(-c4ccc(OC(F)(F)c5cc(F)c(F)c(F)c5)cc4)c(F)c3F)cc2)CC1. The molecule has 44 heavy (non-hydrogen) atoms. The fourth-order valence-corrected chi connectivity index (χ4v) is 6.03. The summed E-state index contributed by atoms with van der Waals surface area (Å²) in [5, 5.41) is 0. The van der Waals surface area contributed by atoms with Crippen molar-refractivity contribution in [2.24, 2.45) is 5.92 Å². The zero-order valence-electron chi connectivity index (χ0n) is 24.3. The Morgan fingerprint density at radius 3 is 1.70 bits per heavy atom. The second-order valence-corrected chi connectivity index (χ2v) is 11.5. The Morgan fingerprint density at radius 1 is 0.659 bits per heavy atom. The second kappa shape index (κ2) is 13.4. The lowest BCUT2D eigenvalue weighted by Gasteiger charge is -2.29. The van der Waals surface area contributed by atoms with Crippen LogP contribution in [0.5, 0.6) is 5.75 Å². The van der Waals surface area contributed by atoms with E-state index in [1.165, 1.54) is 68.4 Å². The molecule has 5 rings (SSSR count). The van der Waals surface area contributed by atoms with Gasteiger partial charge in [-0.15, -0.1) is 0 Å². The molecule has 8 heteroatoms. The molecule has 0 heterocycles. The zero-order valence-corrected chi connectivity index (χ0v) is 24.3. The molecule has 4 aromatic carbocycles. The Balaban J connectivity index is 1.26. The van der Waals surface area contributed by atoms with Gasteiger partial charge in [0.1, 0.15) is 5.75 Å². The quantitative estimate of drug-likeness (QED) is 0.0981. The highest BCUT2D eigenvalue weighted by molar-refractivity contribution is 5.72. The Hall–Kier alpha value is -3.81. The van der Waals surface area contributed by atoms with Crippen molar-refractivity contribution in [2.45, 2.75) is 70.3 Å². The summed E-state index contributed by atoms with van der Waals surface area (Å²) in [4.78, 5) is 0. The molecule has 0 aromatic heterocycles. The standard InChI is InChI=1S/C36H33F7O/c1-2-3-4-5-22-6-8-23(9-7-22)24-10-12-25(13-11-24)29-18-19-30(34(40)33(29)39)26-14-16-28(17-15-26)44-36(42,43)27-20-31(37)35(41)32(38)21-27/h10-23H,2-9H2,1H3. The van der Waals surface area contributed by atoms with E-state index in [1.807, 2.05) is 24.3 Å². The van der Waals surface area contributed by atoms with Crippen molar-refractivity contribution < 1.29 is 35.5 Å². The molecule has 0 bridgehead atoms. The maximum absolute atomic E-state index is 15.3. The van der Waals surface area contributed by atoms with E-state index in [4.69, 9.17) is 0 Å². The minimum absolute atomic E-state index is 0.0837. The largest absolute Gasteiger partial charge is 0.429 e. The van der Waals surface area contributed by atoms with Crippen LogP contribution in [-0.2, 0) is 6.11 Å². The number of halogens is 7. The fraction of sp³-hybridized carbons (Fsp3) is 0.333. The average Bonchev–Trinajstić information content (AvgIpc) is 3.02. The monoisotopic (exact) mass is 614 g/mol. The minimum Gasteiger partial charge on any atom is -0.429 e. The highest BCUT2D eigenvalue weighted by Crippen LogP contribution is 2.39. The van der Waals surface area contributed by atoms with Crippen LogP contribution in [0.3, 0.4) is 0 Å². The summed E-state index contributed by atoms with van der Waals surface area (Å²) in [5.41, 5.74) is 0.754. The maximum Gasteiger partial charge on any atom is 0.426 e. The molecule has 0 unspecified atom stereocenters. The molecule has 0 radical (unpaired) electrons. The summed E-state index contributed by atoms with van der Waals surface area (Å²) >= 11 is 0. The molecule has 4 aromatic rings. The van der Waals surface area contributed by atoms with Crippen molar-refractivity contribution in [2.75, 3.05) is 0 Å². The van der Waals surface area contributed by atoms with Crippen molar-refractivity contribution in [3.63, 3.8) is 0 Å². The average molecular weight is 615 g/mol. The van der Waals surface area contributed by atoms with Crippen LogP contribution in [0.4, 0.5) is 30.7 Å². The van der Waals surface area contributed by atoms with Crippen LogP contribution in [0.25, 0.3) is 22.3 Å². The third-order valence-electron chi connectivity index (χ3n) is 8.57. The number of rotatable bonds is 10. The molecule has 0 aliphatic heterocycles. The van der Waals surface area contributed by atoms with Crippen LogP contribution in [0.1, 0.15) is 75.3 Å². The highest BCUT2D eigenvalue weighted by atomic mass is 19.3. The molecule has 1 saturated carbocycles. The molecule has 0 saturated heterocycles. The topological polar surface area (TPSA) is 9.23 Å². The van der Waals surface area contributed by atoms with Crippen molar-refractivity contribution in [3.05, 3.63) is 113 Å². The Morgan fingerprint density at radius 2 is 1.18 bits per heavy atom. The van der Waals surface area contributed by atoms with Crippen LogP contribution in [-0.4, -0.2) is 0 Å². The first-order valence-electron chi connectivity index (χ1n) is 15.0. The van der Waals surface area contributed by atoms with Gasteiger partial charge in [-0.2, -0.15) is 8.78 Å². The van der Waals surface area contributed by atoms with Crippen LogP contribution in [0.2, 0.25) is 0 Å². The first-order valence-corrected chi connectivity index (χ1v) is 15.0. The van der Waals surface area contributed by atoms with Crippen LogP contribution < -0.4 is 4.74 Å². The van der Waals surface area contributed by atoms with Crippen molar-refractivity contribution in [3.8, 4) is 28.0 Å². The zero-order chi connectivity index (χ0) is 31.4. The minimum atomic E-state index is -4.20. The first kappa shape index (κ1) is 31.6. The number of unbranched alkanes of at least 4 members (excludes halogenated alkanes) is 2. The number of benzene rings is 4. The van der Waals surface area contributed by atoms with Gasteiger partial charge in [-0.1, -0.05) is 81.1 Å². The normalized spacial score (nSPS) is 17.1. The van der Waals surface area contributed by atoms with E-state index in [-0.39, 0.29) is 28.8 Å². The second-order valence-electron chi connectivity index (χ2n) is 11.5. The van der Waals surface area contributed by atoms with E-state index in [0.29, 0.717) is 11.5 Å². The molecular weight excluding hydrogens is 581 g/mol. The number of alkyl halides is 2. The van der Waals surface area contributed by atoms with E-state index in [2.05, 4.69) is 11.7 Å². The molecular formula is C36H33F7O. The predicted octanol–water partition coefficient (Wildman–Crippen LogP) is 11.7. The summed E-state index contributed by atoms with van der Waals surface area (Å²) in [6, 6.07) is 15.4. The van der Waals surface area contributed by atoms with Gasteiger partial charge in [-0.05, 0) is 78.5 Å². The lowest BCUT2D eigenvalue weighted by atomic mass is 9.77. The number of ether oxygens (including phenoxy) is 1. The van der Waals surface area contributed by atoms with E-state index >= 15 is 8.78 Å². The van der Waals surface area contributed by atoms with Gasteiger partial charge in [-0.3, -0.25) is 0 Å². The molecule has 1 nitrogen and oxygen atoms in total. The number of hydrogen-bond donors (Lipinski definition) is 0. The molecule has 1 aliphatic rings. The third kappa shape index (κ3) is 6.95. The van der Waals surface area contributed by atoms with E-state index in [1.54, 1.807) is 0 Å². The van der Waals surface area contributed by atoms with Crippen molar-refractivity contribution >= 4 is 0 Å². The fourth-order valence-electron chi connectivity index (χ4n) is 6.03. The summed E-state index contributed by atoms with van der Waals surface area (Å²) in [5.74, 6) is -6.71. The van der Waals surface area contributed by atoms with Gasteiger partial charge in [0, 0.05) is 11.1 Å². The van der Waals surface area contributed by atoms with Crippen LogP contribution >= 0.6 is 0 Å². The van der Waals surface area contributed by atoms with E-state index in [9.17, 15) is 22.0 Å². The maximum atomic E-state index is 15.3. The van der Waals surface area contributed by atoms with Gasteiger partial charge < -0.3 is 4.74 Å². The molecule has 0 spiro atoms. The van der Waals surface area contributed by atoms with Crippen LogP contribution in [0, 0.1) is 35.0 Å². The third-order valence-corrected chi connectivity index (χ3v) is 8.57. The Kier molecular flexibility index (Phi) is 9.66. The van der Waals surface area contributed by atoms with Crippen LogP contribution in [0.15, 0.2) is 72.8 Å². The lowest BCUT2D eigenvalue weighted by molar-refractivity contribution is -0.185. The van der Waals surface area contributed by atoms with Gasteiger partial charge in [0.15, 0.2) is 29.1 Å². The smallest absolute Gasteiger partial charge is 0.426 e. The van der Waals surface area contributed by atoms with Gasteiger partial charge in [0.05, 0.1) is 5.56 Å². The number of hydrogen-bond acceptors (Lipinski definition) is 1. The van der Waals surface area contributed by atoms with Gasteiger partial charge >= 0.3 is 6.11 Å². The van der Waals surface area contributed by atoms with Crippen molar-refractivity contribution in [1.82, 2.24) is 0 Å². The summed E-state index contributed by atoms with van der Waals surface area (Å²) in [7, 11) is 0. The van der Waals surface area contributed by atoms with Crippen molar-refractivity contribution in [1.29, 1.82) is 0 Å². The molecule has 232 valence electrons. The molecule has 1 aliphatic carbocycles. The van der Waals surface area contributed by atoms with Gasteiger partial charge in [0.25, 0.3) is 0 Å². The van der Waals surface area contributed by atoms with Gasteiger partial charge in [-0.25, -0.2) is 22.0 Å². The summed E-state index contributed by atoms with van der Waals surface area (Å²) in [6.07, 6.45) is 5.65. The highest BCUT2D eigenvalue weighted by Gasteiger charge is 2.36. The van der Waals surface area contributed by atoms with E-state index < -0.39 is 46.5 Å². The summed E-state index contributed by atoms with van der Waals surface area (Å²) < 4.78 is 104. The molecule has 0 amide bonds. The predicted molar refractivity (Wildman–Crippen MR) is 157 cm³/mol. The van der Waals surface area contributed by atoms with Gasteiger partial charge in [0.2, 0.25) is 0 Å². The van der Waals surface area contributed by atoms with E-state index in [0.717, 1.165) is 30.9 Å². The Labute approximate surface area is 252 Å². The molecule has 1 fully saturated rings.